The van der Waals surface area contributed by atoms with E-state index in [9.17, 15) is 18.0 Å². The van der Waals surface area contributed by atoms with Gasteiger partial charge in [0.2, 0.25) is 5.76 Å². The smallest absolute Gasteiger partial charge is 0.416 e. The molecular weight excluding hydrogens is 349 g/mol. The van der Waals surface area contributed by atoms with Crippen LogP contribution in [-0.2, 0) is 6.18 Å². The number of nitrogens with zero attached hydrogens (tertiary/aromatic N) is 1. The van der Waals surface area contributed by atoms with Crippen molar-refractivity contribution in [3.63, 3.8) is 0 Å². The number of halogens is 3. The third-order valence-corrected chi connectivity index (χ3v) is 3.27. The summed E-state index contributed by atoms with van der Waals surface area (Å²) in [7, 11) is 0. The maximum atomic E-state index is 12.6. The first-order valence-corrected chi connectivity index (χ1v) is 7.38. The summed E-state index contributed by atoms with van der Waals surface area (Å²) in [5.41, 5.74) is -0.533. The molecule has 0 atom stereocenters. The maximum absolute atomic E-state index is 12.6. The van der Waals surface area contributed by atoms with Gasteiger partial charge in [0.25, 0.3) is 5.91 Å². The maximum Gasteiger partial charge on any atom is 0.416 e. The fourth-order valence-electron chi connectivity index (χ4n) is 2.05. The molecule has 5 nitrogen and oxygen atoms in total. The molecule has 0 aliphatic carbocycles. The highest BCUT2D eigenvalue weighted by atomic mass is 19.4. The van der Waals surface area contributed by atoms with Gasteiger partial charge in [-0.1, -0.05) is 23.1 Å². The summed E-state index contributed by atoms with van der Waals surface area (Å²) in [5, 5.41) is 6.11. The average molecular weight is 360 g/mol. The molecule has 0 unspecified atom stereocenters. The lowest BCUT2D eigenvalue weighted by atomic mass is 10.1. The van der Waals surface area contributed by atoms with Gasteiger partial charge in [0.1, 0.15) is 0 Å². The fourth-order valence-corrected chi connectivity index (χ4v) is 2.05. The average Bonchev–Trinajstić information content (AvgIpc) is 3.29. The molecule has 0 spiro atoms. The predicted octanol–water partition coefficient (Wildman–Crippen LogP) is 3.73. The Bertz CT molecular complexity index is 963. The zero-order valence-corrected chi connectivity index (χ0v) is 13.1. The lowest BCUT2D eigenvalue weighted by molar-refractivity contribution is -0.137. The Balaban J connectivity index is 1.59. The Labute approximate surface area is 145 Å². The van der Waals surface area contributed by atoms with Gasteiger partial charge in [0, 0.05) is 11.6 Å². The number of aromatic nitrogens is 1. The Hall–Kier alpha value is -3.47. The number of hydrogen-bond acceptors (Lipinski definition) is 4. The number of carbonyl (C=O) groups is 1. The van der Waals surface area contributed by atoms with Gasteiger partial charge in [0.05, 0.1) is 18.4 Å². The van der Waals surface area contributed by atoms with Crippen molar-refractivity contribution in [2.24, 2.45) is 0 Å². The zero-order valence-electron chi connectivity index (χ0n) is 13.1. The number of carbonyl (C=O) groups excluding carboxylic acids is 1. The molecule has 0 radical (unpaired) electrons. The van der Waals surface area contributed by atoms with Crippen molar-refractivity contribution in [1.82, 2.24) is 10.5 Å². The van der Waals surface area contributed by atoms with Gasteiger partial charge >= 0.3 is 6.18 Å². The van der Waals surface area contributed by atoms with Crippen LogP contribution in [0.25, 0.3) is 11.5 Å². The van der Waals surface area contributed by atoms with E-state index < -0.39 is 17.6 Å². The van der Waals surface area contributed by atoms with E-state index in [0.717, 1.165) is 12.1 Å². The molecule has 0 aliphatic rings. The lowest BCUT2D eigenvalue weighted by Crippen LogP contribution is -2.23. The molecule has 26 heavy (non-hydrogen) atoms. The minimum atomic E-state index is -4.43. The van der Waals surface area contributed by atoms with Crippen LogP contribution in [0.1, 0.15) is 21.6 Å². The van der Waals surface area contributed by atoms with Gasteiger partial charge in [-0.2, -0.15) is 13.2 Å². The van der Waals surface area contributed by atoms with Gasteiger partial charge < -0.3 is 14.3 Å². The second-order valence-corrected chi connectivity index (χ2v) is 5.12. The number of nitrogens with one attached hydrogen (secondary N) is 1. The third-order valence-electron chi connectivity index (χ3n) is 3.27. The van der Waals surface area contributed by atoms with Crippen LogP contribution in [0.4, 0.5) is 13.2 Å². The summed E-state index contributed by atoms with van der Waals surface area (Å²) in [6.07, 6.45) is -2.97. The van der Waals surface area contributed by atoms with Crippen LogP contribution in [0, 0.1) is 11.8 Å². The van der Waals surface area contributed by atoms with Crippen LogP contribution < -0.4 is 5.32 Å². The first-order chi connectivity index (χ1) is 12.4. The molecule has 1 amide bonds. The molecule has 3 aromatic rings. The Kier molecular flexibility index (Phi) is 4.80. The zero-order chi connectivity index (χ0) is 18.6. The second kappa shape index (κ2) is 7.19. The van der Waals surface area contributed by atoms with Crippen LogP contribution in [0.15, 0.2) is 57.7 Å². The number of furan rings is 1. The van der Waals surface area contributed by atoms with Crippen molar-refractivity contribution in [2.45, 2.75) is 6.18 Å². The monoisotopic (exact) mass is 360 g/mol. The highest BCUT2D eigenvalue weighted by Crippen LogP contribution is 2.29. The Morgan fingerprint density at radius 3 is 2.73 bits per heavy atom. The SMILES string of the molecule is O=C(NCC#Cc1cccc(C(F)(F)F)c1)c1cc(-c2ccco2)on1. The first kappa shape index (κ1) is 17.4. The van der Waals surface area contributed by atoms with Crippen molar-refractivity contribution in [2.75, 3.05) is 6.54 Å². The van der Waals surface area contributed by atoms with Gasteiger partial charge in [0.15, 0.2) is 11.5 Å². The summed E-state index contributed by atoms with van der Waals surface area (Å²) in [6.45, 7) is -0.0575. The lowest BCUT2D eigenvalue weighted by Gasteiger charge is -2.05. The second-order valence-electron chi connectivity index (χ2n) is 5.12. The normalized spacial score (nSPS) is 10.9. The number of benzene rings is 1. The van der Waals surface area contributed by atoms with Crippen LogP contribution in [0.3, 0.4) is 0 Å². The van der Waals surface area contributed by atoms with E-state index in [4.69, 9.17) is 8.94 Å². The molecular formula is C18H11F3N2O3. The van der Waals surface area contributed by atoms with Crippen LogP contribution in [0.2, 0.25) is 0 Å². The quantitative estimate of drug-likeness (QED) is 0.723. The van der Waals surface area contributed by atoms with Crippen molar-refractivity contribution in [3.8, 4) is 23.4 Å². The third kappa shape index (κ3) is 4.13. The molecule has 3 rings (SSSR count). The summed E-state index contributed by atoms with van der Waals surface area (Å²) >= 11 is 0. The van der Waals surface area contributed by atoms with Crippen LogP contribution in [-0.4, -0.2) is 17.6 Å². The molecule has 1 aromatic carbocycles. The summed E-state index contributed by atoms with van der Waals surface area (Å²) in [6, 6.07) is 9.38. The molecule has 0 fully saturated rings. The molecule has 0 bridgehead atoms. The van der Waals surface area contributed by atoms with Crippen molar-refractivity contribution < 1.29 is 26.9 Å². The summed E-state index contributed by atoms with van der Waals surface area (Å²) in [4.78, 5) is 11.9. The molecule has 0 aliphatic heterocycles. The molecule has 2 heterocycles. The first-order valence-electron chi connectivity index (χ1n) is 7.38. The molecule has 2 aromatic heterocycles. The Morgan fingerprint density at radius 2 is 2.00 bits per heavy atom. The molecule has 0 saturated carbocycles. The highest BCUT2D eigenvalue weighted by molar-refractivity contribution is 5.93. The van der Waals surface area contributed by atoms with Gasteiger partial charge in [-0.05, 0) is 30.3 Å². The standard InChI is InChI=1S/C18H11F3N2O3/c19-18(20,21)13-6-1-4-12(10-13)5-2-8-22-17(24)14-11-16(26-23-14)15-7-3-9-25-15/h1,3-4,6-7,9-11H,8H2,(H,22,24). The predicted molar refractivity (Wildman–Crippen MR) is 84.9 cm³/mol. The molecule has 132 valence electrons. The molecule has 1 N–H and O–H groups in total. The largest absolute Gasteiger partial charge is 0.461 e. The minimum absolute atomic E-state index is 0.0391. The van der Waals surface area contributed by atoms with Crippen molar-refractivity contribution >= 4 is 5.91 Å². The van der Waals surface area contributed by atoms with Crippen LogP contribution in [0.5, 0.6) is 0 Å². The van der Waals surface area contributed by atoms with Crippen molar-refractivity contribution in [1.29, 1.82) is 0 Å². The van der Waals surface area contributed by atoms with E-state index in [1.54, 1.807) is 12.1 Å². The van der Waals surface area contributed by atoms with E-state index in [1.165, 1.54) is 24.5 Å². The number of rotatable bonds is 3. The topological polar surface area (TPSA) is 68.3 Å². The summed E-state index contributed by atoms with van der Waals surface area (Å²) in [5.74, 6) is 5.37. The number of alkyl halides is 3. The van der Waals surface area contributed by atoms with Gasteiger partial charge in [-0.3, -0.25) is 4.79 Å². The minimum Gasteiger partial charge on any atom is -0.461 e. The fraction of sp³-hybridized carbons (Fsp3) is 0.111. The molecule has 8 heteroatoms. The van der Waals surface area contributed by atoms with Gasteiger partial charge in [-0.25, -0.2) is 0 Å². The summed E-state index contributed by atoms with van der Waals surface area (Å²) < 4.78 is 48.0. The Morgan fingerprint density at radius 1 is 1.15 bits per heavy atom. The van der Waals surface area contributed by atoms with E-state index in [1.807, 2.05) is 0 Å². The van der Waals surface area contributed by atoms with E-state index in [0.29, 0.717) is 11.5 Å². The number of hydrogen-bond donors (Lipinski definition) is 1. The van der Waals surface area contributed by atoms with Crippen molar-refractivity contribution in [3.05, 3.63) is 65.5 Å². The van der Waals surface area contributed by atoms with E-state index in [2.05, 4.69) is 22.3 Å². The van der Waals surface area contributed by atoms with Gasteiger partial charge in [-0.15, -0.1) is 0 Å². The number of amides is 1. The van der Waals surface area contributed by atoms with E-state index >= 15 is 0 Å². The molecule has 0 saturated heterocycles. The van der Waals surface area contributed by atoms with E-state index in [-0.39, 0.29) is 17.8 Å². The highest BCUT2D eigenvalue weighted by Gasteiger charge is 2.30. The van der Waals surface area contributed by atoms with Crippen LogP contribution >= 0.6 is 0 Å².